The van der Waals surface area contributed by atoms with E-state index in [0.29, 0.717) is 0 Å². The molecule has 10 heavy (non-hydrogen) atoms. The molecule has 0 aromatic carbocycles. The molecule has 0 bridgehead atoms. The molecule has 0 heterocycles. The summed E-state index contributed by atoms with van der Waals surface area (Å²) in [5.41, 5.74) is -0.633. The normalized spacial score (nSPS) is 12.9. The molecular weight excluding hydrogens is 156 g/mol. The van der Waals surface area contributed by atoms with Crippen LogP contribution in [0.5, 0.6) is 0 Å². The van der Waals surface area contributed by atoms with E-state index in [0.717, 1.165) is 0 Å². The largest absolute Gasteiger partial charge is 0.510 e. The van der Waals surface area contributed by atoms with Gasteiger partial charge in [0, 0.05) is 0 Å². The number of carbonyl (C=O) groups excluding carboxylic acids is 1. The van der Waals surface area contributed by atoms with Crippen molar-refractivity contribution in [1.29, 1.82) is 0 Å². The van der Waals surface area contributed by atoms with Gasteiger partial charge in [0.1, 0.15) is 0 Å². The second-order valence-corrected chi connectivity index (χ2v) is 2.69. The molecule has 0 spiro atoms. The summed E-state index contributed by atoms with van der Waals surface area (Å²) in [4.78, 5) is 10.5. The molecule has 0 N–H and O–H groups in total. The third-order valence-corrected chi connectivity index (χ3v) is 0.680. The molecule has 0 radical (unpaired) electrons. The van der Waals surface area contributed by atoms with Gasteiger partial charge < -0.3 is 9.47 Å². The fourth-order valence-corrected chi connectivity index (χ4v) is 0.426. The van der Waals surface area contributed by atoms with Crippen LogP contribution in [0.2, 0.25) is 0 Å². The molecule has 0 aliphatic heterocycles. The predicted molar refractivity (Wildman–Crippen MR) is 38.0 cm³/mol. The van der Waals surface area contributed by atoms with Crippen molar-refractivity contribution in [3.8, 4) is 0 Å². The monoisotopic (exact) mass is 166 g/mol. The van der Waals surface area contributed by atoms with E-state index in [2.05, 4.69) is 9.47 Å². The van der Waals surface area contributed by atoms with Gasteiger partial charge in [0.2, 0.25) is 0 Å². The first-order chi connectivity index (χ1) is 4.52. The summed E-state index contributed by atoms with van der Waals surface area (Å²) in [6.07, 6.45) is -0.889. The molecule has 0 saturated heterocycles. The summed E-state index contributed by atoms with van der Waals surface area (Å²) >= 11 is 5.33. The quantitative estimate of drug-likeness (QED) is 0.466. The highest BCUT2D eigenvalue weighted by Gasteiger charge is 2.08. The van der Waals surface area contributed by atoms with Gasteiger partial charge in [-0.25, -0.2) is 4.79 Å². The molecule has 0 aliphatic rings. The number of alkyl halides is 1. The van der Waals surface area contributed by atoms with Gasteiger partial charge >= 0.3 is 6.16 Å². The third kappa shape index (κ3) is 5.69. The second kappa shape index (κ2) is 4.39. The van der Waals surface area contributed by atoms with Crippen molar-refractivity contribution in [3.05, 3.63) is 0 Å². The van der Waals surface area contributed by atoms with Gasteiger partial charge in [-0.2, -0.15) is 0 Å². The Hall–Kier alpha value is -0.440. The molecule has 1 atom stereocenters. The van der Waals surface area contributed by atoms with Crippen LogP contribution in [-0.2, 0) is 9.47 Å². The fraction of sp³-hybridized carbons (Fsp3) is 0.833. The third-order valence-electron chi connectivity index (χ3n) is 0.591. The molecule has 0 aromatic heterocycles. The van der Waals surface area contributed by atoms with Crippen LogP contribution in [-0.4, -0.2) is 17.8 Å². The number of ether oxygens (including phenoxy) is 2. The van der Waals surface area contributed by atoms with Crippen molar-refractivity contribution in [2.45, 2.75) is 32.4 Å². The summed E-state index contributed by atoms with van der Waals surface area (Å²) in [5, 5.41) is 0. The molecule has 0 amide bonds. The van der Waals surface area contributed by atoms with Crippen molar-refractivity contribution in [2.75, 3.05) is 0 Å². The average molecular weight is 167 g/mol. The van der Waals surface area contributed by atoms with E-state index >= 15 is 0 Å². The standard InChI is InChI=1S/C6H11ClO3/c1-4(2)9-6(8)10-5(3)7/h4-5H,1-3H3/t5-/m1/s1. The first-order valence-corrected chi connectivity index (χ1v) is 3.47. The Morgan fingerprint density at radius 2 is 1.80 bits per heavy atom. The van der Waals surface area contributed by atoms with Crippen molar-refractivity contribution in [1.82, 2.24) is 0 Å². The Morgan fingerprint density at radius 3 is 2.10 bits per heavy atom. The number of hydrogen-bond acceptors (Lipinski definition) is 3. The van der Waals surface area contributed by atoms with E-state index in [-0.39, 0.29) is 6.10 Å². The Morgan fingerprint density at radius 1 is 1.30 bits per heavy atom. The lowest BCUT2D eigenvalue weighted by molar-refractivity contribution is 0.0298. The van der Waals surface area contributed by atoms with E-state index in [1.54, 1.807) is 20.8 Å². The van der Waals surface area contributed by atoms with Crippen LogP contribution >= 0.6 is 11.6 Å². The van der Waals surface area contributed by atoms with Crippen molar-refractivity contribution in [2.24, 2.45) is 0 Å². The van der Waals surface area contributed by atoms with Crippen LogP contribution in [0, 0.1) is 0 Å². The Kier molecular flexibility index (Phi) is 4.19. The molecule has 4 heteroatoms. The highest BCUT2D eigenvalue weighted by Crippen LogP contribution is 2.00. The summed E-state index contributed by atoms with van der Waals surface area (Å²) in [6.45, 7) is 5.02. The summed E-state index contributed by atoms with van der Waals surface area (Å²) in [5.74, 6) is 0. The summed E-state index contributed by atoms with van der Waals surface area (Å²) in [7, 11) is 0. The van der Waals surface area contributed by atoms with E-state index in [1.165, 1.54) is 0 Å². The number of rotatable bonds is 2. The SMILES string of the molecule is CC(C)OC(=O)O[C@H](C)Cl. The van der Waals surface area contributed by atoms with Gasteiger partial charge in [0.15, 0.2) is 5.56 Å². The van der Waals surface area contributed by atoms with E-state index in [1.807, 2.05) is 0 Å². The minimum atomic E-state index is -0.725. The first kappa shape index (κ1) is 9.56. The molecule has 3 nitrogen and oxygen atoms in total. The highest BCUT2D eigenvalue weighted by atomic mass is 35.5. The molecule has 0 rings (SSSR count). The molecule has 0 aromatic rings. The van der Waals surface area contributed by atoms with E-state index in [9.17, 15) is 4.79 Å². The molecule has 60 valence electrons. The van der Waals surface area contributed by atoms with E-state index < -0.39 is 11.7 Å². The zero-order valence-electron chi connectivity index (χ0n) is 6.26. The summed E-state index contributed by atoms with van der Waals surface area (Å²) < 4.78 is 9.08. The fourth-order valence-electron chi connectivity index (χ4n) is 0.353. The minimum Gasteiger partial charge on any atom is -0.432 e. The maximum atomic E-state index is 10.5. The van der Waals surface area contributed by atoms with Crippen LogP contribution in [0.3, 0.4) is 0 Å². The maximum Gasteiger partial charge on any atom is 0.510 e. The second-order valence-electron chi connectivity index (χ2n) is 2.08. The lowest BCUT2D eigenvalue weighted by atomic mass is 10.5. The van der Waals surface area contributed by atoms with Crippen molar-refractivity contribution >= 4 is 17.8 Å². The van der Waals surface area contributed by atoms with Gasteiger partial charge in [-0.15, -0.1) is 0 Å². The average Bonchev–Trinajstić information content (AvgIpc) is 1.58. The van der Waals surface area contributed by atoms with Crippen molar-refractivity contribution in [3.63, 3.8) is 0 Å². The Labute approximate surface area is 65.3 Å². The molecule has 0 fully saturated rings. The van der Waals surface area contributed by atoms with Gasteiger partial charge in [0.05, 0.1) is 6.10 Å². The van der Waals surface area contributed by atoms with Crippen LogP contribution in [0.25, 0.3) is 0 Å². The van der Waals surface area contributed by atoms with Gasteiger partial charge in [-0.1, -0.05) is 11.6 Å². The van der Waals surface area contributed by atoms with Crippen LogP contribution in [0.4, 0.5) is 4.79 Å². The number of carbonyl (C=O) groups is 1. The zero-order valence-corrected chi connectivity index (χ0v) is 7.01. The molecule has 0 saturated carbocycles. The van der Waals surface area contributed by atoms with Gasteiger partial charge in [-0.3, -0.25) is 0 Å². The minimum absolute atomic E-state index is 0.164. The van der Waals surface area contributed by atoms with Crippen molar-refractivity contribution < 1.29 is 14.3 Å². The van der Waals surface area contributed by atoms with Crippen LogP contribution < -0.4 is 0 Å². The zero-order chi connectivity index (χ0) is 8.15. The highest BCUT2D eigenvalue weighted by molar-refractivity contribution is 6.19. The molecule has 0 unspecified atom stereocenters. The molecule has 0 aliphatic carbocycles. The number of halogens is 1. The lowest BCUT2D eigenvalue weighted by Crippen LogP contribution is -2.15. The van der Waals surface area contributed by atoms with Gasteiger partial charge in [-0.05, 0) is 20.8 Å². The Balaban J connectivity index is 3.44. The van der Waals surface area contributed by atoms with Gasteiger partial charge in [0.25, 0.3) is 0 Å². The number of hydrogen-bond donors (Lipinski definition) is 0. The maximum absolute atomic E-state index is 10.5. The lowest BCUT2D eigenvalue weighted by Gasteiger charge is -2.08. The predicted octanol–water partition coefficient (Wildman–Crippen LogP) is 2.13. The Bertz CT molecular complexity index is 99.6. The van der Waals surface area contributed by atoms with E-state index in [4.69, 9.17) is 11.6 Å². The first-order valence-electron chi connectivity index (χ1n) is 3.03. The smallest absolute Gasteiger partial charge is 0.432 e. The topological polar surface area (TPSA) is 35.5 Å². The summed E-state index contributed by atoms with van der Waals surface area (Å²) in [6, 6.07) is 0. The van der Waals surface area contributed by atoms with Crippen LogP contribution in [0.1, 0.15) is 20.8 Å². The van der Waals surface area contributed by atoms with Crippen LogP contribution in [0.15, 0.2) is 0 Å². The molecular formula is C6H11ClO3.